The van der Waals surface area contributed by atoms with Crippen molar-refractivity contribution in [3.05, 3.63) is 29.8 Å². The van der Waals surface area contributed by atoms with Crippen molar-refractivity contribution in [1.29, 1.82) is 5.26 Å². The van der Waals surface area contributed by atoms with Crippen molar-refractivity contribution >= 4 is 16.0 Å². The van der Waals surface area contributed by atoms with Gasteiger partial charge in [0.1, 0.15) is 6.07 Å². The van der Waals surface area contributed by atoms with Gasteiger partial charge in [-0.2, -0.15) is 9.57 Å². The third kappa shape index (κ3) is 4.09. The molecule has 0 amide bonds. The van der Waals surface area contributed by atoms with E-state index in [-0.39, 0.29) is 23.1 Å². The molecule has 0 unspecified atom stereocenters. The minimum atomic E-state index is -3.65. The van der Waals surface area contributed by atoms with Crippen LogP contribution in [0.2, 0.25) is 0 Å². The van der Waals surface area contributed by atoms with Gasteiger partial charge >= 0.3 is 5.97 Å². The Balaban J connectivity index is 2.22. The number of carbonyl (C=O) groups excluding carboxylic acids is 1. The Morgan fingerprint density at radius 3 is 2.70 bits per heavy atom. The Labute approximate surface area is 136 Å². The van der Waals surface area contributed by atoms with Crippen LogP contribution in [-0.4, -0.2) is 38.4 Å². The molecule has 1 fully saturated rings. The van der Waals surface area contributed by atoms with Crippen LogP contribution in [0.3, 0.4) is 0 Å². The first kappa shape index (κ1) is 17.4. The molecule has 1 aliphatic carbocycles. The van der Waals surface area contributed by atoms with Crippen LogP contribution in [0.5, 0.6) is 0 Å². The largest absolute Gasteiger partial charge is 0.447 e. The topological polar surface area (TPSA) is 87.5 Å². The molecular weight excluding hydrogens is 316 g/mol. The molecule has 1 aliphatic rings. The van der Waals surface area contributed by atoms with E-state index in [1.165, 1.54) is 28.6 Å². The molecule has 0 heterocycles. The second kappa shape index (κ2) is 7.57. The summed E-state index contributed by atoms with van der Waals surface area (Å²) in [6.45, 7) is -0.363. The van der Waals surface area contributed by atoms with Crippen molar-refractivity contribution < 1.29 is 17.9 Å². The maximum Gasteiger partial charge on any atom is 0.339 e. The normalized spacial score (nSPS) is 16.0. The van der Waals surface area contributed by atoms with Gasteiger partial charge in [-0.3, -0.25) is 0 Å². The molecule has 0 saturated heterocycles. The quantitative estimate of drug-likeness (QED) is 0.770. The molecule has 1 aromatic carbocycles. The van der Waals surface area contributed by atoms with Gasteiger partial charge in [-0.25, -0.2) is 13.2 Å². The first-order chi connectivity index (χ1) is 11.0. The van der Waals surface area contributed by atoms with E-state index in [2.05, 4.69) is 0 Å². The Morgan fingerprint density at radius 1 is 1.35 bits per heavy atom. The van der Waals surface area contributed by atoms with Crippen LogP contribution in [0.4, 0.5) is 0 Å². The van der Waals surface area contributed by atoms with Crippen molar-refractivity contribution in [3.63, 3.8) is 0 Å². The first-order valence-corrected chi connectivity index (χ1v) is 9.03. The van der Waals surface area contributed by atoms with Crippen molar-refractivity contribution in [2.24, 2.45) is 0 Å². The number of nitriles is 1. The number of hydrogen-bond donors (Lipinski definition) is 0. The highest BCUT2D eigenvalue weighted by Crippen LogP contribution is 2.26. The van der Waals surface area contributed by atoms with Crippen LogP contribution in [0.1, 0.15) is 42.5 Å². The van der Waals surface area contributed by atoms with Gasteiger partial charge < -0.3 is 4.74 Å². The third-order valence-electron chi connectivity index (χ3n) is 4.10. The van der Waals surface area contributed by atoms with Gasteiger partial charge in [0.05, 0.1) is 10.5 Å². The molecule has 0 aliphatic heterocycles. The fourth-order valence-corrected chi connectivity index (χ4v) is 4.23. The maximum atomic E-state index is 12.7. The average molecular weight is 336 g/mol. The van der Waals surface area contributed by atoms with Crippen LogP contribution in [0, 0.1) is 11.3 Å². The number of hydrogen-bond acceptors (Lipinski definition) is 5. The van der Waals surface area contributed by atoms with Gasteiger partial charge in [-0.05, 0) is 31.0 Å². The molecule has 23 heavy (non-hydrogen) atoms. The molecule has 0 spiro atoms. The average Bonchev–Trinajstić information content (AvgIpc) is 2.59. The number of ether oxygens (including phenoxy) is 1. The lowest BCUT2D eigenvalue weighted by molar-refractivity contribution is 0.0554. The summed E-state index contributed by atoms with van der Waals surface area (Å²) in [6, 6.07) is 7.45. The summed E-state index contributed by atoms with van der Waals surface area (Å²) in [5.74, 6) is -0.705. The third-order valence-corrected chi connectivity index (χ3v) is 6.01. The smallest absolute Gasteiger partial charge is 0.339 e. The molecule has 2 rings (SSSR count). The lowest BCUT2D eigenvalue weighted by Crippen LogP contribution is -2.38. The highest BCUT2D eigenvalue weighted by molar-refractivity contribution is 7.89. The molecule has 0 N–H and O–H groups in total. The van der Waals surface area contributed by atoms with E-state index in [0.717, 1.165) is 32.1 Å². The van der Waals surface area contributed by atoms with Crippen molar-refractivity contribution in [3.8, 4) is 6.07 Å². The van der Waals surface area contributed by atoms with E-state index < -0.39 is 16.0 Å². The monoisotopic (exact) mass is 336 g/mol. The fraction of sp³-hybridized carbons (Fsp3) is 0.500. The lowest BCUT2D eigenvalue weighted by atomic mass is 9.96. The summed E-state index contributed by atoms with van der Waals surface area (Å²) in [5, 5.41) is 8.43. The minimum Gasteiger partial charge on any atom is -0.447 e. The molecule has 0 atom stereocenters. The number of esters is 1. The van der Waals surface area contributed by atoms with Crippen LogP contribution in [0.25, 0.3) is 0 Å². The second-order valence-electron chi connectivity index (χ2n) is 5.58. The Kier molecular flexibility index (Phi) is 5.74. The molecule has 7 heteroatoms. The molecule has 1 saturated carbocycles. The van der Waals surface area contributed by atoms with Gasteiger partial charge in [0.15, 0.2) is 6.61 Å². The Morgan fingerprint density at radius 2 is 2.04 bits per heavy atom. The lowest BCUT2D eigenvalue weighted by Gasteiger charge is -2.30. The standard InChI is InChI=1S/C16H20N2O4S/c1-18(14-7-3-2-4-8-14)23(20,21)15-9-5-6-13(12-15)16(19)22-11-10-17/h5-6,9,12,14H,2-4,7-8,11H2,1H3. The number of carbonyl (C=O) groups is 1. The second-order valence-corrected chi connectivity index (χ2v) is 7.57. The minimum absolute atomic E-state index is 0.00273. The highest BCUT2D eigenvalue weighted by Gasteiger charge is 2.29. The van der Waals surface area contributed by atoms with E-state index in [9.17, 15) is 13.2 Å². The molecule has 0 radical (unpaired) electrons. The van der Waals surface area contributed by atoms with Crippen molar-refractivity contribution in [2.75, 3.05) is 13.7 Å². The summed E-state index contributed by atoms with van der Waals surface area (Å²) in [5.41, 5.74) is 0.123. The van der Waals surface area contributed by atoms with Crippen LogP contribution in [0.15, 0.2) is 29.2 Å². The Bertz CT molecular complexity index is 703. The van der Waals surface area contributed by atoms with E-state index >= 15 is 0 Å². The zero-order valence-electron chi connectivity index (χ0n) is 13.1. The molecule has 6 nitrogen and oxygen atoms in total. The first-order valence-electron chi connectivity index (χ1n) is 7.59. The van der Waals surface area contributed by atoms with E-state index in [1.807, 2.05) is 0 Å². The van der Waals surface area contributed by atoms with Gasteiger partial charge in [-0.1, -0.05) is 25.3 Å². The van der Waals surface area contributed by atoms with Gasteiger partial charge in [0.25, 0.3) is 0 Å². The number of rotatable bonds is 5. The molecule has 0 aromatic heterocycles. The fourth-order valence-electron chi connectivity index (χ4n) is 2.77. The number of benzene rings is 1. The predicted molar refractivity (Wildman–Crippen MR) is 84.2 cm³/mol. The SMILES string of the molecule is CN(C1CCCCC1)S(=O)(=O)c1cccc(C(=O)OCC#N)c1. The zero-order valence-corrected chi connectivity index (χ0v) is 13.9. The van der Waals surface area contributed by atoms with E-state index in [0.29, 0.717) is 0 Å². The summed E-state index contributed by atoms with van der Waals surface area (Å²) in [7, 11) is -2.07. The van der Waals surface area contributed by atoms with Gasteiger partial charge in [-0.15, -0.1) is 0 Å². The molecule has 124 valence electrons. The predicted octanol–water partition coefficient (Wildman–Crippen LogP) is 2.32. The molecular formula is C16H20N2O4S. The maximum absolute atomic E-state index is 12.7. The summed E-state index contributed by atoms with van der Waals surface area (Å²) >= 11 is 0. The van der Waals surface area contributed by atoms with E-state index in [4.69, 9.17) is 10.00 Å². The zero-order chi connectivity index (χ0) is 16.9. The molecule has 1 aromatic rings. The van der Waals surface area contributed by atoms with Gasteiger partial charge in [0.2, 0.25) is 10.0 Å². The number of sulfonamides is 1. The van der Waals surface area contributed by atoms with Gasteiger partial charge in [0, 0.05) is 13.1 Å². The summed E-state index contributed by atoms with van der Waals surface area (Å²) < 4.78 is 31.6. The van der Waals surface area contributed by atoms with Crippen LogP contribution >= 0.6 is 0 Å². The number of nitrogens with zero attached hydrogens (tertiary/aromatic N) is 2. The summed E-state index contributed by atoms with van der Waals surface area (Å²) in [6.07, 6.45) is 4.93. The van der Waals surface area contributed by atoms with Crippen LogP contribution < -0.4 is 0 Å². The summed E-state index contributed by atoms with van der Waals surface area (Å²) in [4.78, 5) is 11.8. The van der Waals surface area contributed by atoms with Crippen LogP contribution in [-0.2, 0) is 14.8 Å². The van der Waals surface area contributed by atoms with E-state index in [1.54, 1.807) is 13.1 Å². The Hall–Kier alpha value is -1.91. The molecule has 0 bridgehead atoms. The van der Waals surface area contributed by atoms with Crippen molar-refractivity contribution in [1.82, 2.24) is 4.31 Å². The highest BCUT2D eigenvalue weighted by atomic mass is 32.2. The van der Waals surface area contributed by atoms with Crippen molar-refractivity contribution in [2.45, 2.75) is 43.0 Å².